The first-order chi connectivity index (χ1) is 14.2. The van der Waals surface area contributed by atoms with Crippen molar-refractivity contribution in [2.24, 2.45) is 10.8 Å². The van der Waals surface area contributed by atoms with Crippen LogP contribution in [0.3, 0.4) is 0 Å². The van der Waals surface area contributed by atoms with Crippen LogP contribution >= 0.6 is 0 Å². The average molecular weight is 513 g/mol. The molecule has 2 aromatic rings. The Morgan fingerprint density at radius 1 is 0.844 bits per heavy atom. The quantitative estimate of drug-likeness (QED) is 0.412. The minimum atomic E-state index is -0.182. The van der Waals surface area contributed by atoms with Crippen LogP contribution in [0.1, 0.15) is 38.8 Å². The van der Waals surface area contributed by atoms with Gasteiger partial charge in [-0.2, -0.15) is 35.9 Å². The maximum absolute atomic E-state index is 5.71. The molecule has 2 aliphatic heterocycles. The molecule has 0 spiro atoms. The van der Waals surface area contributed by atoms with E-state index in [4.69, 9.17) is 18.6 Å². The first-order valence-electron chi connectivity index (χ1n) is 10.5. The normalized spacial score (nSPS) is 18.1. The van der Waals surface area contributed by atoms with Crippen molar-refractivity contribution in [3.63, 3.8) is 0 Å². The minimum Gasteiger partial charge on any atom is -1.00 e. The minimum absolute atomic E-state index is 0. The Morgan fingerprint density at radius 2 is 1.41 bits per heavy atom. The summed E-state index contributed by atoms with van der Waals surface area (Å²) in [6, 6.07) is 19.1. The Morgan fingerprint density at radius 3 is 1.81 bits per heavy atom. The first-order valence-corrected chi connectivity index (χ1v) is 10.5. The topological polar surface area (TPSA) is 36.9 Å². The number of hydrogen-bond acceptors (Lipinski definition) is 4. The van der Waals surface area contributed by atoms with Crippen LogP contribution in [0.25, 0.3) is 0 Å². The standard InChI is InChI=1S/C12H17BO2.C7H7.C5H11BO2.BrH.Mg/c1-10-5-4-6-11(7-10)13-14-8-12(2,3)9-15-13;1-7-5-3-2-4-6-7;1-5(2)3-7-6-8-4-5;;/h4-7H,8-9H2,1-3H3;2-3,5-6H,1H3;6H,3-4H2,1-2H3;1H;/q;-1;;;+2/p-1. The Kier molecular flexibility index (Phi) is 15.4. The van der Waals surface area contributed by atoms with Gasteiger partial charge in [0, 0.05) is 37.3 Å². The fourth-order valence-corrected chi connectivity index (χ4v) is 2.92. The molecule has 0 aliphatic carbocycles. The number of aryl methyl sites for hydroxylation is 2. The van der Waals surface area contributed by atoms with Crippen LogP contribution < -0.4 is 22.4 Å². The van der Waals surface area contributed by atoms with Crippen LogP contribution in [-0.4, -0.2) is 64.3 Å². The van der Waals surface area contributed by atoms with Gasteiger partial charge in [0.25, 0.3) is 0 Å². The van der Waals surface area contributed by atoms with E-state index in [1.54, 1.807) is 0 Å². The second kappa shape index (κ2) is 15.5. The summed E-state index contributed by atoms with van der Waals surface area (Å²) in [4.78, 5) is 0. The SMILES string of the molecule is CC1(C)COBOC1.Cc1c[c-]ccc1.Cc1cccc(B2OCC(C)(C)CO2)c1.[Br-].[Mg+2]. The molecule has 8 heteroatoms. The van der Waals surface area contributed by atoms with Crippen molar-refractivity contribution in [3.05, 3.63) is 65.7 Å². The van der Waals surface area contributed by atoms with Crippen LogP contribution in [0.4, 0.5) is 0 Å². The molecule has 0 radical (unpaired) electrons. The zero-order valence-electron chi connectivity index (χ0n) is 20.4. The first kappa shape index (κ1) is 31.7. The molecule has 0 aromatic heterocycles. The van der Waals surface area contributed by atoms with Crippen LogP contribution in [0, 0.1) is 30.7 Å². The van der Waals surface area contributed by atoms with Gasteiger partial charge in [-0.15, -0.1) is 0 Å². The molecule has 2 heterocycles. The van der Waals surface area contributed by atoms with E-state index >= 15 is 0 Å². The van der Waals surface area contributed by atoms with Gasteiger partial charge in [-0.3, -0.25) is 0 Å². The summed E-state index contributed by atoms with van der Waals surface area (Å²) < 4.78 is 21.5. The summed E-state index contributed by atoms with van der Waals surface area (Å²) in [5, 5.41) is 0. The molecule has 0 atom stereocenters. The molecule has 0 unspecified atom stereocenters. The Bertz CT molecular complexity index is 745. The van der Waals surface area contributed by atoms with Crippen LogP contribution in [0.2, 0.25) is 0 Å². The molecule has 0 bridgehead atoms. The fraction of sp³-hybridized carbons (Fsp3) is 0.500. The summed E-state index contributed by atoms with van der Waals surface area (Å²) in [5.74, 6) is 0. The van der Waals surface area contributed by atoms with E-state index in [1.807, 2.05) is 24.3 Å². The van der Waals surface area contributed by atoms with Gasteiger partial charge in [0.1, 0.15) is 0 Å². The Balaban J connectivity index is 0.000000482. The summed E-state index contributed by atoms with van der Waals surface area (Å²) in [7, 11) is 0.293. The van der Waals surface area contributed by atoms with Crippen molar-refractivity contribution in [3.8, 4) is 0 Å². The molecule has 2 aliphatic rings. The van der Waals surface area contributed by atoms with Gasteiger partial charge in [-0.25, -0.2) is 0 Å². The molecule has 32 heavy (non-hydrogen) atoms. The van der Waals surface area contributed by atoms with Crippen molar-refractivity contribution < 1.29 is 35.6 Å². The smallest absolute Gasteiger partial charge is 1.00 e. The zero-order chi connectivity index (χ0) is 22.0. The second-order valence-corrected chi connectivity index (χ2v) is 9.59. The average Bonchev–Trinajstić information content (AvgIpc) is 2.69. The van der Waals surface area contributed by atoms with Crippen LogP contribution in [0.15, 0.2) is 48.5 Å². The van der Waals surface area contributed by atoms with E-state index < -0.39 is 0 Å². The molecular weight excluding hydrogens is 478 g/mol. The van der Waals surface area contributed by atoms with Crippen molar-refractivity contribution in [2.45, 2.75) is 41.5 Å². The molecule has 2 aromatic carbocycles. The fourth-order valence-electron chi connectivity index (χ4n) is 2.92. The van der Waals surface area contributed by atoms with E-state index in [2.05, 4.69) is 71.9 Å². The molecule has 2 fully saturated rings. The molecule has 0 N–H and O–H groups in total. The maximum atomic E-state index is 5.71. The second-order valence-electron chi connectivity index (χ2n) is 9.59. The molecule has 0 saturated carbocycles. The van der Waals surface area contributed by atoms with Gasteiger partial charge in [-0.05, 0) is 12.4 Å². The van der Waals surface area contributed by atoms with Gasteiger partial charge >= 0.3 is 37.9 Å². The molecular formula is C24H35B2BrMgO4. The van der Waals surface area contributed by atoms with Gasteiger partial charge in [0.05, 0.1) is 0 Å². The van der Waals surface area contributed by atoms with E-state index in [1.165, 1.54) is 11.1 Å². The third-order valence-corrected chi connectivity index (χ3v) is 4.58. The number of benzene rings is 2. The summed E-state index contributed by atoms with van der Waals surface area (Å²) in [5.41, 5.74) is 4.00. The van der Waals surface area contributed by atoms with Crippen LogP contribution in [-0.2, 0) is 18.6 Å². The number of hydrogen-bond donors (Lipinski definition) is 0. The van der Waals surface area contributed by atoms with Crippen molar-refractivity contribution in [2.75, 3.05) is 26.4 Å². The van der Waals surface area contributed by atoms with Gasteiger partial charge in [0.15, 0.2) is 0 Å². The number of rotatable bonds is 1. The summed E-state index contributed by atoms with van der Waals surface area (Å²) in [6.07, 6.45) is 0. The monoisotopic (exact) mass is 512 g/mol. The molecule has 4 rings (SSSR count). The molecule has 4 nitrogen and oxygen atoms in total. The van der Waals surface area contributed by atoms with E-state index in [0.717, 1.165) is 31.9 Å². The molecule has 170 valence electrons. The maximum Gasteiger partial charge on any atom is 2.00 e. The van der Waals surface area contributed by atoms with E-state index in [0.29, 0.717) is 7.69 Å². The van der Waals surface area contributed by atoms with Crippen LogP contribution in [0.5, 0.6) is 0 Å². The zero-order valence-corrected chi connectivity index (χ0v) is 23.4. The number of halogens is 1. The van der Waals surface area contributed by atoms with E-state index in [9.17, 15) is 0 Å². The van der Waals surface area contributed by atoms with E-state index in [-0.39, 0.29) is 58.0 Å². The van der Waals surface area contributed by atoms with Crippen molar-refractivity contribution >= 4 is 43.3 Å². The summed E-state index contributed by atoms with van der Waals surface area (Å²) in [6.45, 7) is 15.9. The molecule has 0 amide bonds. The Labute approximate surface area is 222 Å². The van der Waals surface area contributed by atoms with Crippen molar-refractivity contribution in [1.82, 2.24) is 0 Å². The van der Waals surface area contributed by atoms with Gasteiger partial charge < -0.3 is 35.6 Å². The largest absolute Gasteiger partial charge is 2.00 e. The molecule has 2 saturated heterocycles. The van der Waals surface area contributed by atoms with Crippen molar-refractivity contribution in [1.29, 1.82) is 0 Å². The predicted octanol–water partition coefficient (Wildman–Crippen LogP) is 0.508. The third kappa shape index (κ3) is 12.8. The predicted molar refractivity (Wildman–Crippen MR) is 131 cm³/mol. The Hall–Kier alpha value is -0.344. The van der Waals surface area contributed by atoms with Gasteiger partial charge in [0.2, 0.25) is 0 Å². The van der Waals surface area contributed by atoms with Gasteiger partial charge in [-0.1, -0.05) is 64.4 Å². The summed E-state index contributed by atoms with van der Waals surface area (Å²) >= 11 is 0. The third-order valence-electron chi connectivity index (χ3n) is 4.58.